The number of thioether (sulfide) groups is 1. The number of rotatable bonds is 4. The number of quaternary nitrogens is 1. The molecule has 0 aromatic rings. The predicted molar refractivity (Wildman–Crippen MR) is 46.5 cm³/mol. The number of unbranched alkanes of at least 4 members (excludes halogenated alkanes) is 1. The summed E-state index contributed by atoms with van der Waals surface area (Å²) in [5, 5.41) is 12.8. The molecule has 70 valence electrons. The van der Waals surface area contributed by atoms with Crippen LogP contribution in [-0.4, -0.2) is 23.1 Å². The monoisotopic (exact) mass is 189 g/mol. The van der Waals surface area contributed by atoms with E-state index >= 15 is 0 Å². The van der Waals surface area contributed by atoms with Gasteiger partial charge in [-0.3, -0.25) is 0 Å². The van der Waals surface area contributed by atoms with Gasteiger partial charge in [0.2, 0.25) is 0 Å². The maximum Gasteiger partial charge on any atom is 0.136 e. The number of hydrogen-bond acceptors (Lipinski definition) is 3. The van der Waals surface area contributed by atoms with Gasteiger partial charge in [-0.1, -0.05) is 25.1 Å². The maximum atomic E-state index is 10.5. The number of carbonyl (C=O) groups is 1. The van der Waals surface area contributed by atoms with Gasteiger partial charge in [0.05, 0.1) is 5.75 Å². The highest BCUT2D eigenvalue weighted by molar-refractivity contribution is 7.99. The van der Waals surface area contributed by atoms with Crippen LogP contribution in [0.1, 0.15) is 26.2 Å². The Balaban J connectivity index is 2.21. The van der Waals surface area contributed by atoms with Crippen LogP contribution in [-0.2, 0) is 4.79 Å². The van der Waals surface area contributed by atoms with E-state index in [4.69, 9.17) is 0 Å². The van der Waals surface area contributed by atoms with Crippen LogP contribution in [0.25, 0.3) is 0 Å². The van der Waals surface area contributed by atoms with Crippen LogP contribution in [0.3, 0.4) is 0 Å². The molecule has 1 rings (SSSR count). The molecule has 0 unspecified atom stereocenters. The highest BCUT2D eigenvalue weighted by Crippen LogP contribution is 2.16. The lowest BCUT2D eigenvalue weighted by molar-refractivity contribution is -0.685. The van der Waals surface area contributed by atoms with Crippen molar-refractivity contribution in [3.8, 4) is 0 Å². The molecule has 0 bridgehead atoms. The molecule has 1 aliphatic rings. The molecule has 12 heavy (non-hydrogen) atoms. The van der Waals surface area contributed by atoms with E-state index in [2.05, 4.69) is 6.92 Å². The normalized spacial score (nSPS) is 29.1. The molecule has 0 aromatic heterocycles. The lowest BCUT2D eigenvalue weighted by Crippen LogP contribution is -2.94. The second kappa shape index (κ2) is 4.72. The van der Waals surface area contributed by atoms with E-state index < -0.39 is 5.97 Å². The lowest BCUT2D eigenvalue weighted by atomic mass is 10.2. The molecule has 2 N–H and O–H groups in total. The quantitative estimate of drug-likeness (QED) is 0.613. The summed E-state index contributed by atoms with van der Waals surface area (Å²) < 4.78 is 0. The van der Waals surface area contributed by atoms with E-state index in [1.165, 1.54) is 12.8 Å². The first kappa shape index (κ1) is 9.86. The molecule has 0 spiro atoms. The summed E-state index contributed by atoms with van der Waals surface area (Å²) in [6.45, 7) is 2.15. The molecule has 0 saturated carbocycles. The first-order valence-electron chi connectivity index (χ1n) is 4.41. The summed E-state index contributed by atoms with van der Waals surface area (Å²) in [5.41, 5.74) is 0. The van der Waals surface area contributed by atoms with Crippen LogP contribution < -0.4 is 10.4 Å². The van der Waals surface area contributed by atoms with Crippen LogP contribution >= 0.6 is 11.8 Å². The Kier molecular flexibility index (Phi) is 3.88. The van der Waals surface area contributed by atoms with Gasteiger partial charge in [-0.2, -0.15) is 0 Å². The van der Waals surface area contributed by atoms with E-state index in [1.54, 1.807) is 11.8 Å². The second-order valence-electron chi connectivity index (χ2n) is 3.13. The van der Waals surface area contributed by atoms with E-state index in [0.29, 0.717) is 11.1 Å². The second-order valence-corrected chi connectivity index (χ2v) is 4.40. The Morgan fingerprint density at radius 2 is 2.50 bits per heavy atom. The van der Waals surface area contributed by atoms with Crippen LogP contribution in [0.15, 0.2) is 0 Å². The topological polar surface area (TPSA) is 56.7 Å². The van der Waals surface area contributed by atoms with Crippen molar-refractivity contribution in [3.05, 3.63) is 0 Å². The van der Waals surface area contributed by atoms with Gasteiger partial charge in [-0.05, 0) is 6.42 Å². The fourth-order valence-corrected chi connectivity index (χ4v) is 2.66. The van der Waals surface area contributed by atoms with Crippen molar-refractivity contribution < 1.29 is 15.2 Å². The smallest absolute Gasteiger partial charge is 0.136 e. The van der Waals surface area contributed by atoms with Gasteiger partial charge >= 0.3 is 0 Å². The van der Waals surface area contributed by atoms with Crippen molar-refractivity contribution >= 4 is 17.7 Å². The fraction of sp³-hybridized carbons (Fsp3) is 0.875. The van der Waals surface area contributed by atoms with E-state index in [1.807, 2.05) is 5.32 Å². The lowest BCUT2D eigenvalue weighted by Gasteiger charge is -2.09. The summed E-state index contributed by atoms with van der Waals surface area (Å²) in [4.78, 5) is 10.5. The van der Waals surface area contributed by atoms with Crippen molar-refractivity contribution in [2.45, 2.75) is 37.6 Å². The number of carbonyl (C=O) groups excluding carboxylic acids is 1. The van der Waals surface area contributed by atoms with E-state index in [9.17, 15) is 9.90 Å². The van der Waals surface area contributed by atoms with E-state index in [-0.39, 0.29) is 6.04 Å². The summed E-state index contributed by atoms with van der Waals surface area (Å²) >= 11 is 1.74. The van der Waals surface area contributed by atoms with E-state index in [0.717, 1.165) is 6.42 Å². The Bertz CT molecular complexity index is 163. The zero-order chi connectivity index (χ0) is 8.97. The molecule has 0 radical (unpaired) electrons. The summed E-state index contributed by atoms with van der Waals surface area (Å²) in [6.07, 6.45) is 3.49. The van der Waals surface area contributed by atoms with Gasteiger partial charge in [0.1, 0.15) is 17.4 Å². The maximum absolute atomic E-state index is 10.5. The highest BCUT2D eigenvalue weighted by Gasteiger charge is 2.28. The number of hydrogen-bond donors (Lipinski definition) is 1. The number of nitrogens with two attached hydrogens (primary N) is 1. The zero-order valence-corrected chi connectivity index (χ0v) is 8.10. The molecular formula is C8H15NO2S. The Labute approximate surface area is 76.9 Å². The number of aliphatic carboxylic acids is 1. The Morgan fingerprint density at radius 3 is 3.00 bits per heavy atom. The Hall–Kier alpha value is -0.220. The van der Waals surface area contributed by atoms with Crippen LogP contribution in [0.4, 0.5) is 0 Å². The third-order valence-electron chi connectivity index (χ3n) is 2.08. The van der Waals surface area contributed by atoms with Gasteiger partial charge in [0.15, 0.2) is 0 Å². The Morgan fingerprint density at radius 1 is 1.75 bits per heavy atom. The van der Waals surface area contributed by atoms with Crippen molar-refractivity contribution in [1.82, 2.24) is 0 Å². The van der Waals surface area contributed by atoms with Crippen molar-refractivity contribution in [3.63, 3.8) is 0 Å². The largest absolute Gasteiger partial charge is 0.544 e. The molecule has 1 saturated heterocycles. The SMILES string of the molecule is CCCC[C@@H]1[NH2+][C@@H](C(=O)[O-])CS1. The molecule has 0 amide bonds. The third kappa shape index (κ3) is 2.68. The zero-order valence-electron chi connectivity index (χ0n) is 7.29. The first-order valence-corrected chi connectivity index (χ1v) is 5.46. The standard InChI is InChI=1S/C8H15NO2S/c1-2-3-4-7-9-6(5-12-7)8(10)11/h6-7,9H,2-5H2,1H3,(H,10,11)/t6-,7-/m1/s1. The fourth-order valence-electron chi connectivity index (χ4n) is 1.33. The van der Waals surface area contributed by atoms with Crippen LogP contribution in [0.2, 0.25) is 0 Å². The predicted octanol–water partition coefficient (Wildman–Crippen LogP) is -1.07. The molecule has 4 heteroatoms. The average Bonchev–Trinajstić information content (AvgIpc) is 2.48. The van der Waals surface area contributed by atoms with Crippen LogP contribution in [0, 0.1) is 0 Å². The molecule has 1 heterocycles. The van der Waals surface area contributed by atoms with Gasteiger partial charge in [-0.15, -0.1) is 0 Å². The molecule has 3 nitrogen and oxygen atoms in total. The minimum atomic E-state index is -0.915. The summed E-state index contributed by atoms with van der Waals surface area (Å²) in [6, 6.07) is -0.308. The molecule has 0 aromatic carbocycles. The molecular weight excluding hydrogens is 174 g/mol. The van der Waals surface area contributed by atoms with Gasteiger partial charge in [0.25, 0.3) is 0 Å². The van der Waals surface area contributed by atoms with Gasteiger partial charge in [0, 0.05) is 6.42 Å². The van der Waals surface area contributed by atoms with Crippen molar-refractivity contribution in [2.75, 3.05) is 5.75 Å². The van der Waals surface area contributed by atoms with Crippen LogP contribution in [0.5, 0.6) is 0 Å². The average molecular weight is 189 g/mol. The summed E-state index contributed by atoms with van der Waals surface area (Å²) in [5.74, 6) is -0.210. The number of carboxylic acid groups (broad SMARTS) is 1. The first-order chi connectivity index (χ1) is 5.74. The van der Waals surface area contributed by atoms with Gasteiger partial charge in [-0.25, -0.2) is 0 Å². The summed E-state index contributed by atoms with van der Waals surface area (Å²) in [7, 11) is 0. The number of carboxylic acids is 1. The molecule has 0 aliphatic carbocycles. The van der Waals surface area contributed by atoms with Crippen molar-refractivity contribution in [2.24, 2.45) is 0 Å². The third-order valence-corrected chi connectivity index (χ3v) is 3.45. The molecule has 1 fully saturated rings. The minimum Gasteiger partial charge on any atom is -0.544 e. The molecule has 2 atom stereocenters. The highest BCUT2D eigenvalue weighted by atomic mass is 32.2. The van der Waals surface area contributed by atoms with Gasteiger partial charge < -0.3 is 15.2 Å². The molecule has 1 aliphatic heterocycles. The van der Waals surface area contributed by atoms with Crippen molar-refractivity contribution in [1.29, 1.82) is 0 Å². The minimum absolute atomic E-state index is 0.308.